The zero-order chi connectivity index (χ0) is 21.1. The number of carbonyl (C=O) groups excluding carboxylic acids is 1. The van der Waals surface area contributed by atoms with Gasteiger partial charge in [0.2, 0.25) is 0 Å². The minimum atomic E-state index is -0.238. The molecule has 4 aromatic rings. The molecule has 1 N–H and O–H groups in total. The SMILES string of the molecule is CCc1ccc2c(-c3cncc(Br)c3)c(C(=O)Nc3ccccc3)c(COC)nn12. The average molecular weight is 465 g/mol. The van der Waals surface area contributed by atoms with Gasteiger partial charge >= 0.3 is 0 Å². The zero-order valence-electron chi connectivity index (χ0n) is 16.7. The summed E-state index contributed by atoms with van der Waals surface area (Å²) in [6.07, 6.45) is 4.30. The third kappa shape index (κ3) is 3.86. The van der Waals surface area contributed by atoms with Crippen molar-refractivity contribution in [1.82, 2.24) is 14.6 Å². The maximum atomic E-state index is 13.5. The number of fused-ring (bicyclic) bond motifs is 1. The van der Waals surface area contributed by atoms with Crippen LogP contribution < -0.4 is 5.32 Å². The molecule has 1 aromatic carbocycles. The second-order valence-electron chi connectivity index (χ2n) is 6.82. The summed E-state index contributed by atoms with van der Waals surface area (Å²) >= 11 is 3.50. The first kappa shape index (κ1) is 20.3. The first-order chi connectivity index (χ1) is 14.6. The highest BCUT2D eigenvalue weighted by Gasteiger charge is 2.24. The molecule has 7 heteroatoms. The van der Waals surface area contributed by atoms with Gasteiger partial charge in [0.25, 0.3) is 5.91 Å². The summed E-state index contributed by atoms with van der Waals surface area (Å²) in [6.45, 7) is 2.29. The summed E-state index contributed by atoms with van der Waals surface area (Å²) in [6, 6.07) is 15.4. The highest BCUT2D eigenvalue weighted by Crippen LogP contribution is 2.33. The fraction of sp³-hybridized carbons (Fsp3) is 0.174. The number of halogens is 1. The van der Waals surface area contributed by atoms with E-state index >= 15 is 0 Å². The molecule has 0 spiro atoms. The number of ether oxygens (including phenoxy) is 1. The van der Waals surface area contributed by atoms with Gasteiger partial charge in [-0.3, -0.25) is 9.78 Å². The lowest BCUT2D eigenvalue weighted by Crippen LogP contribution is -2.19. The third-order valence-corrected chi connectivity index (χ3v) is 5.28. The summed E-state index contributed by atoms with van der Waals surface area (Å²) in [5.74, 6) is -0.238. The second kappa shape index (κ2) is 8.77. The Kier molecular flexibility index (Phi) is 5.92. The zero-order valence-corrected chi connectivity index (χ0v) is 18.3. The predicted molar refractivity (Wildman–Crippen MR) is 121 cm³/mol. The molecule has 4 rings (SSSR count). The molecule has 3 heterocycles. The molecule has 0 unspecified atom stereocenters. The maximum absolute atomic E-state index is 13.5. The van der Waals surface area contributed by atoms with Crippen LogP contribution in [0.1, 0.15) is 28.7 Å². The normalized spacial score (nSPS) is 11.0. The van der Waals surface area contributed by atoms with Crippen molar-refractivity contribution in [2.75, 3.05) is 12.4 Å². The van der Waals surface area contributed by atoms with Crippen LogP contribution in [0.15, 0.2) is 65.4 Å². The van der Waals surface area contributed by atoms with E-state index in [0.717, 1.165) is 33.2 Å². The smallest absolute Gasteiger partial charge is 0.258 e. The Bertz CT molecular complexity index is 1200. The quantitative estimate of drug-likeness (QED) is 0.429. The molecule has 0 aliphatic carbocycles. The number of hydrogen-bond acceptors (Lipinski definition) is 4. The summed E-state index contributed by atoms with van der Waals surface area (Å²) in [5.41, 5.74) is 5.28. The molecule has 0 aliphatic rings. The van der Waals surface area contributed by atoms with Gasteiger partial charge in [0, 0.05) is 46.5 Å². The lowest BCUT2D eigenvalue weighted by molar-refractivity contribution is 0.102. The lowest BCUT2D eigenvalue weighted by atomic mass is 9.99. The lowest BCUT2D eigenvalue weighted by Gasteiger charge is -2.17. The van der Waals surface area contributed by atoms with Crippen molar-refractivity contribution in [2.45, 2.75) is 20.0 Å². The van der Waals surface area contributed by atoms with Crippen LogP contribution in [-0.2, 0) is 17.8 Å². The fourth-order valence-electron chi connectivity index (χ4n) is 3.53. The second-order valence-corrected chi connectivity index (χ2v) is 7.73. The number of para-hydroxylation sites is 1. The van der Waals surface area contributed by atoms with Crippen molar-refractivity contribution in [2.24, 2.45) is 0 Å². The van der Waals surface area contributed by atoms with E-state index in [1.807, 2.05) is 53.0 Å². The summed E-state index contributed by atoms with van der Waals surface area (Å²) in [7, 11) is 1.60. The standard InChI is InChI=1S/C23H21BrN4O2/c1-3-18-9-10-20-21(15-11-16(24)13-25-12-15)22(19(14-30-2)27-28(18)20)23(29)26-17-7-5-4-6-8-17/h4-13H,3,14H2,1-2H3,(H,26,29). The Hall–Kier alpha value is -3.03. The first-order valence-corrected chi connectivity index (χ1v) is 10.4. The molecular weight excluding hydrogens is 444 g/mol. The first-order valence-electron chi connectivity index (χ1n) is 9.62. The van der Waals surface area contributed by atoms with Gasteiger partial charge in [-0.15, -0.1) is 0 Å². The minimum absolute atomic E-state index is 0.212. The van der Waals surface area contributed by atoms with Crippen molar-refractivity contribution >= 4 is 33.0 Å². The van der Waals surface area contributed by atoms with Gasteiger partial charge < -0.3 is 10.1 Å². The predicted octanol–water partition coefficient (Wildman–Crippen LogP) is 5.12. The molecule has 1 amide bonds. The minimum Gasteiger partial charge on any atom is -0.378 e. The van der Waals surface area contributed by atoms with Crippen LogP contribution in [0.4, 0.5) is 5.69 Å². The highest BCUT2D eigenvalue weighted by molar-refractivity contribution is 9.10. The number of carbonyl (C=O) groups is 1. The molecule has 0 bridgehead atoms. The number of benzene rings is 1. The van der Waals surface area contributed by atoms with E-state index < -0.39 is 0 Å². The topological polar surface area (TPSA) is 68.5 Å². The molecule has 152 valence electrons. The molecule has 0 fully saturated rings. The number of rotatable bonds is 6. The highest BCUT2D eigenvalue weighted by atomic mass is 79.9. The number of amides is 1. The van der Waals surface area contributed by atoms with Crippen molar-refractivity contribution in [3.63, 3.8) is 0 Å². The molecule has 0 aliphatic heterocycles. The van der Waals surface area contributed by atoms with E-state index in [-0.39, 0.29) is 12.5 Å². The number of nitrogens with one attached hydrogen (secondary N) is 1. The molecular formula is C23H21BrN4O2. The molecule has 0 atom stereocenters. The van der Waals surface area contributed by atoms with Crippen molar-refractivity contribution in [3.05, 3.63) is 82.3 Å². The molecule has 0 radical (unpaired) electrons. The Morgan fingerprint density at radius 3 is 2.67 bits per heavy atom. The Morgan fingerprint density at radius 2 is 1.97 bits per heavy atom. The van der Waals surface area contributed by atoms with E-state index in [9.17, 15) is 4.79 Å². The third-order valence-electron chi connectivity index (χ3n) is 4.84. The number of anilines is 1. The largest absolute Gasteiger partial charge is 0.378 e. The average Bonchev–Trinajstić information content (AvgIpc) is 3.16. The van der Waals surface area contributed by atoms with E-state index in [0.29, 0.717) is 16.9 Å². The van der Waals surface area contributed by atoms with Crippen LogP contribution >= 0.6 is 15.9 Å². The Balaban J connectivity index is 1.99. The van der Waals surface area contributed by atoms with Gasteiger partial charge in [-0.25, -0.2) is 4.52 Å². The van der Waals surface area contributed by atoms with Crippen LogP contribution in [0.3, 0.4) is 0 Å². The van der Waals surface area contributed by atoms with Crippen molar-refractivity contribution < 1.29 is 9.53 Å². The van der Waals surface area contributed by atoms with Gasteiger partial charge in [0.15, 0.2) is 0 Å². The summed E-state index contributed by atoms with van der Waals surface area (Å²) < 4.78 is 8.13. The summed E-state index contributed by atoms with van der Waals surface area (Å²) in [4.78, 5) is 17.8. The number of nitrogens with zero attached hydrogens (tertiary/aromatic N) is 3. The number of methoxy groups -OCH3 is 1. The number of aryl methyl sites for hydroxylation is 1. The molecule has 3 aromatic heterocycles. The van der Waals surface area contributed by atoms with E-state index in [1.165, 1.54) is 0 Å². The maximum Gasteiger partial charge on any atom is 0.258 e. The number of pyridine rings is 1. The van der Waals surface area contributed by atoms with Gasteiger partial charge in [-0.1, -0.05) is 25.1 Å². The number of aromatic nitrogens is 3. The van der Waals surface area contributed by atoms with Gasteiger partial charge in [0.1, 0.15) is 5.69 Å². The molecule has 0 saturated carbocycles. The van der Waals surface area contributed by atoms with Crippen LogP contribution in [0.2, 0.25) is 0 Å². The summed E-state index contributed by atoms with van der Waals surface area (Å²) in [5, 5.41) is 7.76. The van der Waals surface area contributed by atoms with E-state index in [1.54, 1.807) is 19.5 Å². The van der Waals surface area contributed by atoms with Gasteiger partial charge in [-0.2, -0.15) is 5.10 Å². The monoisotopic (exact) mass is 464 g/mol. The van der Waals surface area contributed by atoms with Crippen LogP contribution in [0.5, 0.6) is 0 Å². The van der Waals surface area contributed by atoms with Crippen molar-refractivity contribution in [3.8, 4) is 11.1 Å². The molecule has 6 nitrogen and oxygen atoms in total. The van der Waals surface area contributed by atoms with Gasteiger partial charge in [0.05, 0.1) is 17.7 Å². The van der Waals surface area contributed by atoms with Gasteiger partial charge in [-0.05, 0) is 52.7 Å². The Labute approximate surface area is 183 Å². The Morgan fingerprint density at radius 1 is 1.17 bits per heavy atom. The fourth-order valence-corrected chi connectivity index (χ4v) is 3.89. The van der Waals surface area contributed by atoms with Crippen LogP contribution in [0, 0.1) is 0 Å². The van der Waals surface area contributed by atoms with Crippen LogP contribution in [-0.4, -0.2) is 27.6 Å². The van der Waals surface area contributed by atoms with Crippen molar-refractivity contribution in [1.29, 1.82) is 0 Å². The number of hydrogen-bond donors (Lipinski definition) is 1. The molecule has 0 saturated heterocycles. The van der Waals surface area contributed by atoms with Crippen LogP contribution in [0.25, 0.3) is 16.6 Å². The molecule has 30 heavy (non-hydrogen) atoms. The van der Waals surface area contributed by atoms with E-state index in [2.05, 4.69) is 33.2 Å². The van der Waals surface area contributed by atoms with E-state index in [4.69, 9.17) is 9.84 Å².